The van der Waals surface area contributed by atoms with Gasteiger partial charge in [-0.2, -0.15) is 0 Å². The van der Waals surface area contributed by atoms with Crippen molar-refractivity contribution in [2.24, 2.45) is 0 Å². The second kappa shape index (κ2) is 8.49. The number of hydrogen-bond acceptors (Lipinski definition) is 2. The fraction of sp³-hybridized carbons (Fsp3) is 0.0476. The summed E-state index contributed by atoms with van der Waals surface area (Å²) in [5.41, 5.74) is 15.2. The minimum absolute atomic E-state index is 0.369. The van der Waals surface area contributed by atoms with Gasteiger partial charge in [0.25, 0.3) is 0 Å². The number of para-hydroxylation sites is 1. The Morgan fingerprint density at radius 3 is 1.86 bits per heavy atom. The molecule has 2 aliphatic rings. The normalized spacial score (nSPS) is 13.8. The van der Waals surface area contributed by atoms with Gasteiger partial charge in [-0.1, -0.05) is 127 Å². The predicted octanol–water partition coefficient (Wildman–Crippen LogP) is 11.1. The number of aryl methyl sites for hydroxylation is 1. The maximum absolute atomic E-state index is 6.71. The second-order valence-electron chi connectivity index (χ2n) is 12.1. The summed E-state index contributed by atoms with van der Waals surface area (Å²) in [5, 5.41) is 8.63. The third-order valence-corrected chi connectivity index (χ3v) is 9.98. The summed E-state index contributed by atoms with van der Waals surface area (Å²) in [5.74, 6) is 0. The number of nitrogens with one attached hydrogen (secondary N) is 1. The lowest BCUT2D eigenvalue weighted by atomic mass is 9.70. The van der Waals surface area contributed by atoms with Crippen LogP contribution in [0.15, 0.2) is 144 Å². The van der Waals surface area contributed by atoms with Crippen molar-refractivity contribution < 1.29 is 4.42 Å². The monoisotopic (exact) mass is 561 g/mol. The molecule has 8 aromatic rings. The molecule has 0 saturated heterocycles. The highest BCUT2D eigenvalue weighted by Crippen LogP contribution is 2.64. The molecule has 206 valence electrons. The van der Waals surface area contributed by atoms with Gasteiger partial charge in [0.15, 0.2) is 5.58 Å². The lowest BCUT2D eigenvalue weighted by Gasteiger charge is -2.30. The van der Waals surface area contributed by atoms with Crippen LogP contribution in [0.5, 0.6) is 0 Å². The number of benzene rings is 7. The molecule has 1 heterocycles. The molecule has 44 heavy (non-hydrogen) atoms. The van der Waals surface area contributed by atoms with Gasteiger partial charge in [-0.15, -0.1) is 0 Å². The lowest BCUT2D eigenvalue weighted by Crippen LogP contribution is -2.25. The average Bonchev–Trinajstić information content (AvgIpc) is 3.71. The third-order valence-electron chi connectivity index (χ3n) is 9.98. The highest BCUT2D eigenvalue weighted by atomic mass is 16.3. The number of fused-ring (bicyclic) bond motifs is 15. The summed E-state index contributed by atoms with van der Waals surface area (Å²) >= 11 is 0. The van der Waals surface area contributed by atoms with Gasteiger partial charge in [0.1, 0.15) is 5.58 Å². The molecule has 1 aromatic heterocycles. The smallest absolute Gasteiger partial charge is 0.159 e. The first-order valence-electron chi connectivity index (χ1n) is 15.3. The molecule has 0 saturated carbocycles. The van der Waals surface area contributed by atoms with Crippen LogP contribution in [0, 0.1) is 6.92 Å². The fourth-order valence-corrected chi connectivity index (χ4v) is 8.27. The first-order chi connectivity index (χ1) is 21.7. The van der Waals surface area contributed by atoms with E-state index in [4.69, 9.17) is 4.42 Å². The fourth-order valence-electron chi connectivity index (χ4n) is 8.27. The third kappa shape index (κ3) is 2.86. The minimum Gasteiger partial charge on any atom is -0.454 e. The molecule has 1 N–H and O–H groups in total. The summed E-state index contributed by atoms with van der Waals surface area (Å²) in [7, 11) is 0. The molecule has 2 nitrogen and oxygen atoms in total. The Morgan fingerprint density at radius 1 is 0.500 bits per heavy atom. The van der Waals surface area contributed by atoms with Crippen molar-refractivity contribution in [3.05, 3.63) is 167 Å². The van der Waals surface area contributed by atoms with Crippen LogP contribution >= 0.6 is 0 Å². The van der Waals surface area contributed by atoms with Crippen LogP contribution in [-0.2, 0) is 5.41 Å². The molecule has 1 spiro atoms. The van der Waals surface area contributed by atoms with Gasteiger partial charge in [-0.05, 0) is 74.3 Å². The Morgan fingerprint density at radius 2 is 1.09 bits per heavy atom. The molecule has 0 radical (unpaired) electrons. The first kappa shape index (κ1) is 23.9. The topological polar surface area (TPSA) is 25.2 Å². The maximum atomic E-state index is 6.71. The van der Waals surface area contributed by atoms with Crippen molar-refractivity contribution in [3.63, 3.8) is 0 Å². The van der Waals surface area contributed by atoms with Gasteiger partial charge in [0.2, 0.25) is 0 Å². The van der Waals surface area contributed by atoms with Crippen molar-refractivity contribution in [1.29, 1.82) is 0 Å². The van der Waals surface area contributed by atoms with Crippen molar-refractivity contribution >= 4 is 44.1 Å². The van der Waals surface area contributed by atoms with Gasteiger partial charge >= 0.3 is 0 Å². The largest absolute Gasteiger partial charge is 0.454 e. The summed E-state index contributed by atoms with van der Waals surface area (Å²) in [4.78, 5) is 0. The number of anilines is 2. The Labute approximate surface area is 255 Å². The highest BCUT2D eigenvalue weighted by molar-refractivity contribution is 6.23. The molecular weight excluding hydrogens is 534 g/mol. The van der Waals surface area contributed by atoms with Crippen molar-refractivity contribution in [2.75, 3.05) is 5.32 Å². The van der Waals surface area contributed by atoms with Crippen LogP contribution < -0.4 is 5.32 Å². The zero-order chi connectivity index (χ0) is 29.0. The Balaban J connectivity index is 1.27. The first-order valence-corrected chi connectivity index (χ1v) is 15.3. The number of rotatable bonds is 2. The van der Waals surface area contributed by atoms with Crippen LogP contribution in [-0.4, -0.2) is 0 Å². The standard InChI is InChI=1S/C42H27NO/c1-25-12-10-18-31-38-27-14-3-2-13-26(27)24-37(41(38)44-40(25)31)43-36-23-11-22-35-39(36)30-17-6-9-21-34(30)42(35)32-19-7-4-15-28(32)29-16-5-8-20-33(29)42/h2-24,43H,1H3. The number of hydrogen-bond donors (Lipinski definition) is 1. The van der Waals surface area contributed by atoms with E-state index in [1.807, 2.05) is 0 Å². The SMILES string of the molecule is Cc1cccc2c1oc1c(Nc3cccc4c3-c3ccccc3C43c4ccccc4-c4ccccc43)cc3ccccc3c12. The molecule has 0 unspecified atom stereocenters. The number of furan rings is 1. The molecule has 0 aliphatic heterocycles. The minimum atomic E-state index is -0.369. The van der Waals surface area contributed by atoms with Gasteiger partial charge in [0.05, 0.1) is 11.1 Å². The van der Waals surface area contributed by atoms with Gasteiger partial charge in [-0.3, -0.25) is 0 Å². The van der Waals surface area contributed by atoms with Crippen LogP contribution in [0.25, 0.3) is 55.0 Å². The zero-order valence-electron chi connectivity index (χ0n) is 24.2. The van der Waals surface area contributed by atoms with Crippen LogP contribution in [0.2, 0.25) is 0 Å². The molecule has 0 bridgehead atoms. The average molecular weight is 562 g/mol. The van der Waals surface area contributed by atoms with Crippen LogP contribution in [0.3, 0.4) is 0 Å². The van der Waals surface area contributed by atoms with E-state index in [1.54, 1.807) is 0 Å². The van der Waals surface area contributed by atoms with Crippen molar-refractivity contribution in [1.82, 2.24) is 0 Å². The summed E-state index contributed by atoms with van der Waals surface area (Å²) in [6.45, 7) is 2.12. The highest BCUT2D eigenvalue weighted by Gasteiger charge is 2.51. The van der Waals surface area contributed by atoms with E-state index in [2.05, 4.69) is 152 Å². The molecule has 2 heteroatoms. The summed E-state index contributed by atoms with van der Waals surface area (Å²) in [6.07, 6.45) is 0. The molecule has 7 aromatic carbocycles. The molecule has 10 rings (SSSR count). The van der Waals surface area contributed by atoms with E-state index in [-0.39, 0.29) is 5.41 Å². The quantitative estimate of drug-likeness (QED) is 0.227. The van der Waals surface area contributed by atoms with Crippen LogP contribution in [0.1, 0.15) is 27.8 Å². The van der Waals surface area contributed by atoms with Crippen molar-refractivity contribution in [3.8, 4) is 22.3 Å². The Bertz CT molecular complexity index is 2450. The molecule has 0 fully saturated rings. The van der Waals surface area contributed by atoms with E-state index in [1.165, 1.54) is 55.3 Å². The van der Waals surface area contributed by atoms with Crippen LogP contribution in [0.4, 0.5) is 11.4 Å². The molecule has 2 aliphatic carbocycles. The molecule has 0 amide bonds. The van der Waals surface area contributed by atoms with Crippen molar-refractivity contribution in [2.45, 2.75) is 12.3 Å². The van der Waals surface area contributed by atoms with E-state index in [9.17, 15) is 0 Å². The van der Waals surface area contributed by atoms with E-state index in [0.717, 1.165) is 38.9 Å². The van der Waals surface area contributed by atoms with E-state index < -0.39 is 0 Å². The molecule has 0 atom stereocenters. The Hall–Kier alpha value is -5.60. The zero-order valence-corrected chi connectivity index (χ0v) is 24.2. The second-order valence-corrected chi connectivity index (χ2v) is 12.1. The molecular formula is C42H27NO. The van der Waals surface area contributed by atoms with E-state index in [0.29, 0.717) is 0 Å². The predicted molar refractivity (Wildman–Crippen MR) is 182 cm³/mol. The summed E-state index contributed by atoms with van der Waals surface area (Å²) < 4.78 is 6.71. The lowest BCUT2D eigenvalue weighted by molar-refractivity contribution is 0.667. The Kier molecular flexibility index (Phi) is 4.61. The van der Waals surface area contributed by atoms with E-state index >= 15 is 0 Å². The summed E-state index contributed by atoms with van der Waals surface area (Å²) in [6, 6.07) is 50.9. The van der Waals surface area contributed by atoms with Gasteiger partial charge < -0.3 is 9.73 Å². The van der Waals surface area contributed by atoms with Gasteiger partial charge in [0, 0.05) is 22.0 Å². The maximum Gasteiger partial charge on any atom is 0.159 e. The van der Waals surface area contributed by atoms with Gasteiger partial charge in [-0.25, -0.2) is 0 Å².